The van der Waals surface area contributed by atoms with E-state index < -0.39 is 0 Å². The van der Waals surface area contributed by atoms with Gasteiger partial charge >= 0.3 is 0 Å². The van der Waals surface area contributed by atoms with Crippen LogP contribution in [0, 0.1) is 0 Å². The smallest absolute Gasteiger partial charge is 0.138 e. The quantitative estimate of drug-likeness (QED) is 0.829. The van der Waals surface area contributed by atoms with E-state index in [1.165, 1.54) is 19.3 Å². The SMILES string of the molecule is CC(C)c1cc(CC2CCCCN2)on1. The lowest BCUT2D eigenvalue weighted by atomic mass is 10.0. The van der Waals surface area contributed by atoms with Crippen molar-refractivity contribution in [3.05, 3.63) is 17.5 Å². The van der Waals surface area contributed by atoms with E-state index in [0.717, 1.165) is 24.4 Å². The summed E-state index contributed by atoms with van der Waals surface area (Å²) in [6.45, 7) is 5.43. The lowest BCUT2D eigenvalue weighted by molar-refractivity contribution is 0.333. The van der Waals surface area contributed by atoms with Gasteiger partial charge in [-0.05, 0) is 25.3 Å². The highest BCUT2D eigenvalue weighted by Gasteiger charge is 2.16. The van der Waals surface area contributed by atoms with Crippen LogP contribution in [-0.2, 0) is 6.42 Å². The van der Waals surface area contributed by atoms with E-state index >= 15 is 0 Å². The van der Waals surface area contributed by atoms with E-state index in [1.807, 2.05) is 0 Å². The monoisotopic (exact) mass is 208 g/mol. The summed E-state index contributed by atoms with van der Waals surface area (Å²) in [5.41, 5.74) is 1.07. The van der Waals surface area contributed by atoms with Crippen LogP contribution in [-0.4, -0.2) is 17.7 Å². The van der Waals surface area contributed by atoms with Crippen LogP contribution in [0.1, 0.15) is 50.5 Å². The highest BCUT2D eigenvalue weighted by Crippen LogP contribution is 2.17. The Hall–Kier alpha value is -0.830. The first-order chi connectivity index (χ1) is 7.25. The molecule has 1 N–H and O–H groups in total. The molecule has 0 amide bonds. The van der Waals surface area contributed by atoms with Crippen molar-refractivity contribution in [3.8, 4) is 0 Å². The van der Waals surface area contributed by atoms with Gasteiger partial charge in [0.25, 0.3) is 0 Å². The number of piperidine rings is 1. The molecule has 0 bridgehead atoms. The highest BCUT2D eigenvalue weighted by atomic mass is 16.5. The van der Waals surface area contributed by atoms with E-state index in [-0.39, 0.29) is 0 Å². The third kappa shape index (κ3) is 2.81. The fraction of sp³-hybridized carbons (Fsp3) is 0.750. The van der Waals surface area contributed by atoms with E-state index in [2.05, 4.69) is 30.4 Å². The Kier molecular flexibility index (Phi) is 3.41. The number of nitrogens with zero attached hydrogens (tertiary/aromatic N) is 1. The van der Waals surface area contributed by atoms with Crippen LogP contribution in [0.4, 0.5) is 0 Å². The molecule has 1 aromatic rings. The average molecular weight is 208 g/mol. The summed E-state index contributed by atoms with van der Waals surface area (Å²) < 4.78 is 5.34. The summed E-state index contributed by atoms with van der Waals surface area (Å²) in [6, 6.07) is 2.69. The van der Waals surface area contributed by atoms with Gasteiger partial charge in [-0.2, -0.15) is 0 Å². The van der Waals surface area contributed by atoms with Gasteiger partial charge in [-0.1, -0.05) is 25.4 Å². The normalized spacial score (nSPS) is 22.2. The number of rotatable bonds is 3. The molecule has 84 valence electrons. The van der Waals surface area contributed by atoms with Crippen molar-refractivity contribution in [2.45, 2.75) is 51.5 Å². The van der Waals surface area contributed by atoms with Crippen LogP contribution >= 0.6 is 0 Å². The Bertz CT molecular complexity index is 300. The van der Waals surface area contributed by atoms with Gasteiger partial charge in [0, 0.05) is 18.5 Å². The largest absolute Gasteiger partial charge is 0.361 e. The van der Waals surface area contributed by atoms with Gasteiger partial charge in [0.05, 0.1) is 5.69 Å². The van der Waals surface area contributed by atoms with Crippen molar-refractivity contribution in [3.63, 3.8) is 0 Å². The Morgan fingerprint density at radius 3 is 3.00 bits per heavy atom. The maximum absolute atomic E-state index is 5.34. The summed E-state index contributed by atoms with van der Waals surface area (Å²) in [5.74, 6) is 1.49. The molecule has 1 saturated heterocycles. The van der Waals surface area contributed by atoms with Crippen LogP contribution in [0.25, 0.3) is 0 Å². The van der Waals surface area contributed by atoms with E-state index in [0.29, 0.717) is 12.0 Å². The van der Waals surface area contributed by atoms with E-state index in [1.54, 1.807) is 0 Å². The number of hydrogen-bond donors (Lipinski definition) is 1. The third-order valence-corrected chi connectivity index (χ3v) is 3.03. The zero-order valence-electron chi connectivity index (χ0n) is 9.62. The van der Waals surface area contributed by atoms with Gasteiger partial charge in [0.1, 0.15) is 5.76 Å². The molecule has 0 spiro atoms. The second-order valence-electron chi connectivity index (χ2n) is 4.72. The second kappa shape index (κ2) is 4.79. The van der Waals surface area contributed by atoms with Crippen LogP contribution in [0.3, 0.4) is 0 Å². The molecule has 0 radical (unpaired) electrons. The molecule has 1 aliphatic rings. The molecule has 0 aliphatic carbocycles. The Morgan fingerprint density at radius 1 is 1.53 bits per heavy atom. The van der Waals surface area contributed by atoms with Crippen LogP contribution < -0.4 is 5.32 Å². The number of hydrogen-bond acceptors (Lipinski definition) is 3. The van der Waals surface area contributed by atoms with Gasteiger partial charge in [-0.3, -0.25) is 0 Å². The van der Waals surface area contributed by atoms with Crippen LogP contribution in [0.2, 0.25) is 0 Å². The van der Waals surface area contributed by atoms with Gasteiger partial charge < -0.3 is 9.84 Å². The predicted molar refractivity (Wildman–Crippen MR) is 59.9 cm³/mol. The van der Waals surface area contributed by atoms with Gasteiger partial charge in [-0.25, -0.2) is 0 Å². The zero-order chi connectivity index (χ0) is 10.7. The standard InChI is InChI=1S/C12H20N2O/c1-9(2)12-8-11(15-14-12)7-10-5-3-4-6-13-10/h8-10,13H,3-7H2,1-2H3. The average Bonchev–Trinajstić information content (AvgIpc) is 2.68. The third-order valence-electron chi connectivity index (χ3n) is 3.03. The molecular weight excluding hydrogens is 188 g/mol. The molecule has 15 heavy (non-hydrogen) atoms. The van der Waals surface area contributed by atoms with Crippen molar-refractivity contribution >= 4 is 0 Å². The molecule has 3 heteroatoms. The molecule has 0 aromatic carbocycles. The minimum Gasteiger partial charge on any atom is -0.361 e. The molecule has 1 aromatic heterocycles. The van der Waals surface area contributed by atoms with Crippen molar-refractivity contribution in [1.29, 1.82) is 0 Å². The highest BCUT2D eigenvalue weighted by molar-refractivity contribution is 5.10. The number of aromatic nitrogens is 1. The molecule has 2 rings (SSSR count). The fourth-order valence-electron chi connectivity index (χ4n) is 2.04. The van der Waals surface area contributed by atoms with Crippen molar-refractivity contribution in [2.24, 2.45) is 0 Å². The second-order valence-corrected chi connectivity index (χ2v) is 4.72. The zero-order valence-corrected chi connectivity index (χ0v) is 9.62. The van der Waals surface area contributed by atoms with Crippen LogP contribution in [0.15, 0.2) is 10.6 Å². The summed E-state index contributed by atoms with van der Waals surface area (Å²) in [5, 5.41) is 7.60. The number of nitrogens with one attached hydrogen (secondary N) is 1. The molecule has 1 aliphatic heterocycles. The molecule has 3 nitrogen and oxygen atoms in total. The molecule has 2 heterocycles. The summed E-state index contributed by atoms with van der Waals surface area (Å²) in [6.07, 6.45) is 4.89. The molecule has 1 fully saturated rings. The summed E-state index contributed by atoms with van der Waals surface area (Å²) >= 11 is 0. The fourth-order valence-corrected chi connectivity index (χ4v) is 2.04. The van der Waals surface area contributed by atoms with Crippen LogP contribution in [0.5, 0.6) is 0 Å². The summed E-state index contributed by atoms with van der Waals surface area (Å²) in [4.78, 5) is 0. The first kappa shape index (κ1) is 10.7. The Morgan fingerprint density at radius 2 is 2.40 bits per heavy atom. The van der Waals surface area contributed by atoms with E-state index in [9.17, 15) is 0 Å². The molecule has 0 saturated carbocycles. The van der Waals surface area contributed by atoms with Crippen molar-refractivity contribution < 1.29 is 4.52 Å². The Balaban J connectivity index is 1.91. The van der Waals surface area contributed by atoms with Gasteiger partial charge in [0.2, 0.25) is 0 Å². The Labute approximate surface area is 91.2 Å². The molecule has 1 unspecified atom stereocenters. The first-order valence-corrected chi connectivity index (χ1v) is 5.94. The predicted octanol–water partition coefficient (Wildman–Crippen LogP) is 2.48. The molecular formula is C12H20N2O. The van der Waals surface area contributed by atoms with Crippen molar-refractivity contribution in [1.82, 2.24) is 10.5 Å². The van der Waals surface area contributed by atoms with Gasteiger partial charge in [0.15, 0.2) is 0 Å². The minimum absolute atomic E-state index is 0.460. The minimum atomic E-state index is 0.460. The lowest BCUT2D eigenvalue weighted by Gasteiger charge is -2.21. The first-order valence-electron chi connectivity index (χ1n) is 5.94. The van der Waals surface area contributed by atoms with Gasteiger partial charge in [-0.15, -0.1) is 0 Å². The lowest BCUT2D eigenvalue weighted by Crippen LogP contribution is -2.35. The van der Waals surface area contributed by atoms with Crippen molar-refractivity contribution in [2.75, 3.05) is 6.54 Å². The maximum Gasteiger partial charge on any atom is 0.138 e. The van der Waals surface area contributed by atoms with E-state index in [4.69, 9.17) is 4.52 Å². The molecule has 1 atom stereocenters. The topological polar surface area (TPSA) is 38.1 Å². The maximum atomic E-state index is 5.34. The summed E-state index contributed by atoms with van der Waals surface area (Å²) in [7, 11) is 0.